The number of rotatable bonds is 5. The molecule has 0 saturated carbocycles. The second-order valence-electron chi connectivity index (χ2n) is 11.2. The standard InChI is InChI=1S/C30H41FN2O3/c1-9-24(22-15-19(2)14-20(3)16-22)28(34)32(8)27-12-13-33(29(35)36-30(5,6)7)18-26(27)25-11-10-23(31)17-21(25)4/h10-11,14-17,24,26-27H,9,12-13,18H2,1-8H3/t24?,26-,27+/m1/s1. The topological polar surface area (TPSA) is 49.9 Å². The predicted octanol–water partition coefficient (Wildman–Crippen LogP) is 6.50. The van der Waals surface area contributed by atoms with Crippen molar-refractivity contribution in [2.75, 3.05) is 20.1 Å². The largest absolute Gasteiger partial charge is 0.444 e. The number of likely N-dealkylation sites (tertiary alicyclic amines) is 1. The van der Waals surface area contributed by atoms with E-state index in [1.54, 1.807) is 11.0 Å². The van der Waals surface area contributed by atoms with Crippen LogP contribution < -0.4 is 0 Å². The van der Waals surface area contributed by atoms with Crippen LogP contribution >= 0.6 is 0 Å². The van der Waals surface area contributed by atoms with Crippen molar-refractivity contribution in [1.82, 2.24) is 9.80 Å². The number of halogens is 1. The Balaban J connectivity index is 1.93. The van der Waals surface area contributed by atoms with E-state index >= 15 is 0 Å². The fourth-order valence-corrected chi connectivity index (χ4v) is 5.43. The Morgan fingerprint density at radius 2 is 1.75 bits per heavy atom. The first-order valence-corrected chi connectivity index (χ1v) is 12.9. The number of benzene rings is 2. The zero-order valence-corrected chi connectivity index (χ0v) is 23.0. The smallest absolute Gasteiger partial charge is 0.410 e. The Bertz CT molecular complexity index is 1090. The van der Waals surface area contributed by atoms with Crippen LogP contribution in [0.1, 0.15) is 80.2 Å². The molecule has 0 aliphatic carbocycles. The summed E-state index contributed by atoms with van der Waals surface area (Å²) >= 11 is 0. The number of aryl methyl sites for hydroxylation is 3. The van der Waals surface area contributed by atoms with Gasteiger partial charge in [-0.25, -0.2) is 9.18 Å². The fraction of sp³-hybridized carbons (Fsp3) is 0.533. The number of likely N-dealkylation sites (N-methyl/N-ethyl adjacent to an activating group) is 1. The summed E-state index contributed by atoms with van der Waals surface area (Å²) in [6.45, 7) is 14.5. The van der Waals surface area contributed by atoms with Gasteiger partial charge < -0.3 is 14.5 Å². The van der Waals surface area contributed by atoms with Crippen LogP contribution in [0.25, 0.3) is 0 Å². The van der Waals surface area contributed by atoms with Gasteiger partial charge in [0.1, 0.15) is 11.4 Å². The van der Waals surface area contributed by atoms with E-state index in [1.807, 2.05) is 46.6 Å². The number of amides is 2. The molecule has 6 heteroatoms. The summed E-state index contributed by atoms with van der Waals surface area (Å²) in [6.07, 6.45) is 0.955. The SMILES string of the molecule is CCC(C(=O)N(C)[C@H]1CCN(C(=O)OC(C)(C)C)C[C@@H]1c1ccc(F)cc1C)c1cc(C)cc(C)c1. The summed E-state index contributed by atoms with van der Waals surface area (Å²) in [5.41, 5.74) is 4.50. The molecule has 0 aromatic heterocycles. The number of carbonyl (C=O) groups excluding carboxylic acids is 2. The van der Waals surface area contributed by atoms with Gasteiger partial charge >= 0.3 is 6.09 Å². The van der Waals surface area contributed by atoms with E-state index in [-0.39, 0.29) is 35.7 Å². The van der Waals surface area contributed by atoms with Crippen LogP contribution in [0.2, 0.25) is 0 Å². The highest BCUT2D eigenvalue weighted by atomic mass is 19.1. The first-order chi connectivity index (χ1) is 16.8. The third kappa shape index (κ3) is 6.45. The maximum absolute atomic E-state index is 13.9. The maximum atomic E-state index is 13.9. The fourth-order valence-electron chi connectivity index (χ4n) is 5.43. The molecule has 1 fully saturated rings. The monoisotopic (exact) mass is 496 g/mol. The second-order valence-corrected chi connectivity index (χ2v) is 11.2. The maximum Gasteiger partial charge on any atom is 0.410 e. The van der Waals surface area contributed by atoms with Crippen molar-refractivity contribution in [3.8, 4) is 0 Å². The van der Waals surface area contributed by atoms with Gasteiger partial charge in [-0.2, -0.15) is 0 Å². The van der Waals surface area contributed by atoms with Crippen molar-refractivity contribution in [3.05, 3.63) is 70.0 Å². The molecule has 2 aromatic carbocycles. The summed E-state index contributed by atoms with van der Waals surface area (Å²) in [5.74, 6) is -0.620. The molecule has 1 saturated heterocycles. The van der Waals surface area contributed by atoms with Gasteiger partial charge in [-0.15, -0.1) is 0 Å². The van der Waals surface area contributed by atoms with E-state index in [0.29, 0.717) is 25.9 Å². The molecule has 0 N–H and O–H groups in total. The van der Waals surface area contributed by atoms with Crippen LogP contribution in [0.5, 0.6) is 0 Å². The molecule has 36 heavy (non-hydrogen) atoms. The minimum Gasteiger partial charge on any atom is -0.444 e. The molecule has 3 rings (SSSR count). The van der Waals surface area contributed by atoms with Crippen LogP contribution in [0.4, 0.5) is 9.18 Å². The number of hydrogen-bond acceptors (Lipinski definition) is 3. The van der Waals surface area contributed by atoms with Crippen molar-refractivity contribution in [1.29, 1.82) is 0 Å². The lowest BCUT2D eigenvalue weighted by Gasteiger charge is -2.44. The molecule has 1 unspecified atom stereocenters. The van der Waals surface area contributed by atoms with Gasteiger partial charge in [0.05, 0.1) is 5.92 Å². The summed E-state index contributed by atoms with van der Waals surface area (Å²) in [5, 5.41) is 0. The van der Waals surface area contributed by atoms with Gasteiger partial charge in [-0.05, 0) is 83.2 Å². The zero-order chi connectivity index (χ0) is 26.8. The molecular weight excluding hydrogens is 455 g/mol. The van der Waals surface area contributed by atoms with Crippen molar-refractivity contribution < 1.29 is 18.7 Å². The zero-order valence-electron chi connectivity index (χ0n) is 23.0. The molecule has 3 atom stereocenters. The second kappa shape index (κ2) is 11.0. The minimum absolute atomic E-state index is 0.0722. The van der Waals surface area contributed by atoms with Gasteiger partial charge in [0.2, 0.25) is 5.91 Å². The lowest BCUT2D eigenvalue weighted by molar-refractivity contribution is -0.135. The molecule has 0 spiro atoms. The molecule has 2 amide bonds. The van der Waals surface area contributed by atoms with E-state index in [1.165, 1.54) is 12.1 Å². The summed E-state index contributed by atoms with van der Waals surface area (Å²) in [7, 11) is 1.87. The van der Waals surface area contributed by atoms with Crippen LogP contribution in [0.15, 0.2) is 36.4 Å². The van der Waals surface area contributed by atoms with E-state index in [4.69, 9.17) is 4.74 Å². The Labute approximate surface area is 215 Å². The average molecular weight is 497 g/mol. The summed E-state index contributed by atoms with van der Waals surface area (Å²) in [4.78, 5) is 30.4. The lowest BCUT2D eigenvalue weighted by Crippen LogP contribution is -2.53. The van der Waals surface area contributed by atoms with Crippen LogP contribution in [-0.2, 0) is 9.53 Å². The van der Waals surface area contributed by atoms with Gasteiger partial charge in [-0.3, -0.25) is 4.79 Å². The molecule has 2 aromatic rings. The Kier molecular flexibility index (Phi) is 8.48. The predicted molar refractivity (Wildman–Crippen MR) is 142 cm³/mol. The van der Waals surface area contributed by atoms with Crippen molar-refractivity contribution in [2.45, 2.75) is 84.8 Å². The third-order valence-electron chi connectivity index (χ3n) is 7.06. The Morgan fingerprint density at radius 1 is 1.11 bits per heavy atom. The number of carbonyl (C=O) groups is 2. The highest BCUT2D eigenvalue weighted by Gasteiger charge is 2.39. The van der Waals surface area contributed by atoms with Gasteiger partial charge in [0, 0.05) is 32.1 Å². The van der Waals surface area contributed by atoms with Crippen LogP contribution in [0.3, 0.4) is 0 Å². The van der Waals surface area contributed by atoms with Gasteiger partial charge in [0.15, 0.2) is 0 Å². The molecule has 1 heterocycles. The van der Waals surface area contributed by atoms with Crippen molar-refractivity contribution >= 4 is 12.0 Å². The third-order valence-corrected chi connectivity index (χ3v) is 7.06. The first kappa shape index (κ1) is 27.7. The lowest BCUT2D eigenvalue weighted by atomic mass is 9.82. The molecule has 5 nitrogen and oxygen atoms in total. The molecule has 0 bridgehead atoms. The molecule has 0 radical (unpaired) electrons. The molecular formula is C30H41FN2O3. The Morgan fingerprint density at radius 3 is 2.31 bits per heavy atom. The van der Waals surface area contributed by atoms with Crippen molar-refractivity contribution in [3.63, 3.8) is 0 Å². The first-order valence-electron chi connectivity index (χ1n) is 12.9. The van der Waals surface area contributed by atoms with Gasteiger partial charge in [0.25, 0.3) is 0 Å². The molecule has 196 valence electrons. The highest BCUT2D eigenvalue weighted by Crippen LogP contribution is 2.35. The number of hydrogen-bond donors (Lipinski definition) is 0. The summed E-state index contributed by atoms with van der Waals surface area (Å²) in [6, 6.07) is 11.0. The van der Waals surface area contributed by atoms with E-state index in [2.05, 4.69) is 32.0 Å². The molecule has 1 aliphatic rings. The molecule has 1 aliphatic heterocycles. The van der Waals surface area contributed by atoms with Crippen molar-refractivity contribution in [2.24, 2.45) is 0 Å². The summed E-state index contributed by atoms with van der Waals surface area (Å²) < 4.78 is 19.6. The van der Waals surface area contributed by atoms with E-state index < -0.39 is 5.60 Å². The number of ether oxygens (including phenoxy) is 1. The number of piperidine rings is 1. The minimum atomic E-state index is -0.595. The van der Waals surface area contributed by atoms with Crippen LogP contribution in [-0.4, -0.2) is 53.6 Å². The van der Waals surface area contributed by atoms with E-state index in [0.717, 1.165) is 27.8 Å². The highest BCUT2D eigenvalue weighted by molar-refractivity contribution is 5.84. The quantitative estimate of drug-likeness (QED) is 0.475. The van der Waals surface area contributed by atoms with E-state index in [9.17, 15) is 14.0 Å². The number of nitrogens with zero attached hydrogens (tertiary/aromatic N) is 2. The van der Waals surface area contributed by atoms with Crippen LogP contribution in [0, 0.1) is 26.6 Å². The normalized spacial score (nSPS) is 19.1. The average Bonchev–Trinajstić information content (AvgIpc) is 2.77. The Hall–Kier alpha value is -2.89. The van der Waals surface area contributed by atoms with Gasteiger partial charge in [-0.1, -0.05) is 42.3 Å².